The Morgan fingerprint density at radius 1 is 1.15 bits per heavy atom. The molecule has 1 heteroatoms. The second-order valence-electron chi connectivity index (χ2n) is 7.91. The van der Waals surface area contributed by atoms with Crippen LogP contribution in [0.2, 0.25) is 0 Å². The van der Waals surface area contributed by atoms with E-state index in [1.54, 1.807) is 5.57 Å². The Bertz CT molecular complexity index is 540. The molecule has 0 aliphatic heterocycles. The summed E-state index contributed by atoms with van der Waals surface area (Å²) < 4.78 is 0. The summed E-state index contributed by atoms with van der Waals surface area (Å²) in [6, 6.07) is 0. The second kappa shape index (κ2) is 3.88. The molecule has 0 heterocycles. The minimum atomic E-state index is -0.613. The molecule has 20 heavy (non-hydrogen) atoms. The Morgan fingerprint density at radius 3 is 2.85 bits per heavy atom. The first-order chi connectivity index (χ1) is 9.50. The van der Waals surface area contributed by atoms with Crippen molar-refractivity contribution in [3.05, 3.63) is 35.5 Å². The summed E-state index contributed by atoms with van der Waals surface area (Å²) in [6.07, 6.45) is 17.6. The largest absolute Gasteiger partial charge is 0.384 e. The molecule has 4 aliphatic carbocycles. The molecule has 0 aromatic carbocycles. The maximum absolute atomic E-state index is 11.4. The van der Waals surface area contributed by atoms with Gasteiger partial charge in [-0.2, -0.15) is 0 Å². The molecule has 2 fully saturated rings. The van der Waals surface area contributed by atoms with Crippen molar-refractivity contribution in [3.63, 3.8) is 0 Å². The van der Waals surface area contributed by atoms with Gasteiger partial charge in [-0.05, 0) is 55.4 Å². The fourth-order valence-corrected chi connectivity index (χ4v) is 5.52. The summed E-state index contributed by atoms with van der Waals surface area (Å²) in [5, 5.41) is 11.4. The van der Waals surface area contributed by atoms with E-state index in [0.717, 1.165) is 12.8 Å². The van der Waals surface area contributed by atoms with E-state index in [0.29, 0.717) is 11.3 Å². The van der Waals surface area contributed by atoms with E-state index in [1.165, 1.54) is 37.7 Å². The van der Waals surface area contributed by atoms with Crippen LogP contribution in [0.3, 0.4) is 0 Å². The number of hydrogen-bond acceptors (Lipinski definition) is 1. The van der Waals surface area contributed by atoms with Crippen molar-refractivity contribution in [1.29, 1.82) is 0 Å². The van der Waals surface area contributed by atoms with Gasteiger partial charge in [0.15, 0.2) is 0 Å². The molecule has 0 aromatic rings. The topological polar surface area (TPSA) is 20.2 Å². The normalized spacial score (nSPS) is 49.9. The van der Waals surface area contributed by atoms with Crippen LogP contribution >= 0.6 is 0 Å². The Balaban J connectivity index is 1.83. The monoisotopic (exact) mass is 270 g/mol. The first kappa shape index (κ1) is 12.9. The first-order valence-corrected chi connectivity index (χ1v) is 8.31. The molecule has 0 unspecified atom stereocenters. The molecule has 4 rings (SSSR count). The van der Waals surface area contributed by atoms with Crippen molar-refractivity contribution in [2.75, 3.05) is 0 Å². The van der Waals surface area contributed by atoms with Crippen LogP contribution in [0.15, 0.2) is 35.5 Å². The fraction of sp³-hybridized carbons (Fsp3) is 0.684. The average Bonchev–Trinajstić information content (AvgIpc) is 2.74. The lowest BCUT2D eigenvalue weighted by molar-refractivity contribution is -0.0529. The minimum Gasteiger partial charge on any atom is -0.384 e. The van der Waals surface area contributed by atoms with Gasteiger partial charge in [-0.1, -0.05) is 50.1 Å². The molecule has 1 N–H and O–H groups in total. The zero-order chi connectivity index (χ0) is 14.0. The van der Waals surface area contributed by atoms with Crippen LogP contribution in [0, 0.1) is 16.7 Å². The maximum Gasteiger partial charge on any atom is 0.0984 e. The SMILES string of the molecule is C[C@]12CCCCC1=CC=C1[C@@H]2CC[C@]2(C)C=CC[C@]12O. The number of aliphatic hydroxyl groups is 1. The van der Waals surface area contributed by atoms with Crippen molar-refractivity contribution in [3.8, 4) is 0 Å². The van der Waals surface area contributed by atoms with Crippen molar-refractivity contribution >= 4 is 0 Å². The lowest BCUT2D eigenvalue weighted by atomic mass is 9.50. The van der Waals surface area contributed by atoms with Gasteiger partial charge in [-0.25, -0.2) is 0 Å². The van der Waals surface area contributed by atoms with E-state index in [2.05, 4.69) is 38.2 Å². The molecule has 0 radical (unpaired) electrons. The third kappa shape index (κ3) is 1.38. The lowest BCUT2D eigenvalue weighted by Crippen LogP contribution is -2.53. The Morgan fingerprint density at radius 2 is 2.00 bits per heavy atom. The predicted octanol–water partition coefficient (Wildman–Crippen LogP) is 4.54. The molecule has 0 bridgehead atoms. The smallest absolute Gasteiger partial charge is 0.0984 e. The second-order valence-corrected chi connectivity index (χ2v) is 7.91. The van der Waals surface area contributed by atoms with Crippen LogP contribution in [0.25, 0.3) is 0 Å². The van der Waals surface area contributed by atoms with Gasteiger partial charge in [-0.3, -0.25) is 0 Å². The van der Waals surface area contributed by atoms with Gasteiger partial charge in [-0.15, -0.1) is 0 Å². The zero-order valence-corrected chi connectivity index (χ0v) is 12.8. The van der Waals surface area contributed by atoms with E-state index < -0.39 is 5.60 Å². The van der Waals surface area contributed by atoms with Crippen LogP contribution < -0.4 is 0 Å². The molecule has 1 nitrogen and oxygen atoms in total. The fourth-order valence-electron chi connectivity index (χ4n) is 5.52. The molecular formula is C19H26O. The van der Waals surface area contributed by atoms with Gasteiger partial charge >= 0.3 is 0 Å². The number of hydrogen-bond donors (Lipinski definition) is 1. The van der Waals surface area contributed by atoms with Crippen LogP contribution in [0.1, 0.15) is 58.8 Å². The van der Waals surface area contributed by atoms with Crippen molar-refractivity contribution < 1.29 is 5.11 Å². The standard InChI is InChI=1S/C19H26O/c1-17-10-5-12-19(17,20)16-8-7-14-6-3-4-11-18(14,2)15(16)9-13-17/h5,7-8,10,15,20H,3-4,6,9,11-13H2,1-2H3/t15-,17-,18-,19-/m0/s1. The zero-order valence-electron chi connectivity index (χ0n) is 12.8. The van der Waals surface area contributed by atoms with Crippen molar-refractivity contribution in [2.45, 2.75) is 64.4 Å². The summed E-state index contributed by atoms with van der Waals surface area (Å²) in [7, 11) is 0. The molecule has 0 saturated heterocycles. The highest BCUT2D eigenvalue weighted by Crippen LogP contribution is 2.63. The van der Waals surface area contributed by atoms with E-state index in [-0.39, 0.29) is 5.41 Å². The van der Waals surface area contributed by atoms with Crippen LogP contribution in [-0.2, 0) is 0 Å². The summed E-state index contributed by atoms with van der Waals surface area (Å²) in [5.41, 5.74) is 2.66. The van der Waals surface area contributed by atoms with Gasteiger partial charge in [0.25, 0.3) is 0 Å². The van der Waals surface area contributed by atoms with Gasteiger partial charge < -0.3 is 5.11 Å². The third-order valence-corrected chi connectivity index (χ3v) is 7.01. The summed E-state index contributed by atoms with van der Waals surface area (Å²) in [6.45, 7) is 4.71. The average molecular weight is 270 g/mol. The van der Waals surface area contributed by atoms with Gasteiger partial charge in [0.05, 0.1) is 5.60 Å². The Kier molecular flexibility index (Phi) is 2.50. The summed E-state index contributed by atoms with van der Waals surface area (Å²) in [4.78, 5) is 0. The van der Waals surface area contributed by atoms with E-state index in [9.17, 15) is 5.11 Å². The Labute approximate surface area is 122 Å². The van der Waals surface area contributed by atoms with Crippen LogP contribution in [-0.4, -0.2) is 10.7 Å². The molecule has 4 atom stereocenters. The summed E-state index contributed by atoms with van der Waals surface area (Å²) in [5.74, 6) is 0.570. The van der Waals surface area contributed by atoms with Crippen LogP contribution in [0.4, 0.5) is 0 Å². The first-order valence-electron chi connectivity index (χ1n) is 8.31. The summed E-state index contributed by atoms with van der Waals surface area (Å²) >= 11 is 0. The van der Waals surface area contributed by atoms with Crippen LogP contribution in [0.5, 0.6) is 0 Å². The highest BCUT2D eigenvalue weighted by atomic mass is 16.3. The minimum absolute atomic E-state index is 0.0360. The Hall–Kier alpha value is -0.820. The number of fused-ring (bicyclic) bond motifs is 5. The molecule has 0 spiro atoms. The molecule has 108 valence electrons. The molecule has 4 aliphatic rings. The quantitative estimate of drug-likeness (QED) is 0.641. The molecule has 0 aromatic heterocycles. The van der Waals surface area contributed by atoms with Gasteiger partial charge in [0.1, 0.15) is 0 Å². The van der Waals surface area contributed by atoms with Crippen molar-refractivity contribution in [2.24, 2.45) is 16.7 Å². The third-order valence-electron chi connectivity index (χ3n) is 7.01. The highest BCUT2D eigenvalue weighted by molar-refractivity contribution is 5.44. The van der Waals surface area contributed by atoms with E-state index in [4.69, 9.17) is 0 Å². The predicted molar refractivity (Wildman–Crippen MR) is 82.3 cm³/mol. The molecule has 2 saturated carbocycles. The molecular weight excluding hydrogens is 244 g/mol. The maximum atomic E-state index is 11.4. The van der Waals surface area contributed by atoms with E-state index >= 15 is 0 Å². The molecule has 0 amide bonds. The van der Waals surface area contributed by atoms with E-state index in [1.807, 2.05) is 0 Å². The van der Waals surface area contributed by atoms with Crippen molar-refractivity contribution in [1.82, 2.24) is 0 Å². The number of rotatable bonds is 0. The highest BCUT2D eigenvalue weighted by Gasteiger charge is 2.58. The van der Waals surface area contributed by atoms with Gasteiger partial charge in [0.2, 0.25) is 0 Å². The number of allylic oxidation sites excluding steroid dienone is 3. The lowest BCUT2D eigenvalue weighted by Gasteiger charge is -2.56. The van der Waals surface area contributed by atoms with Gasteiger partial charge in [0, 0.05) is 5.41 Å².